The largest absolute Gasteiger partial charge is 0.300 e. The van der Waals surface area contributed by atoms with Crippen LogP contribution in [0.25, 0.3) is 11.4 Å². The van der Waals surface area contributed by atoms with E-state index in [9.17, 15) is 0 Å². The van der Waals surface area contributed by atoms with E-state index in [0.717, 1.165) is 35.9 Å². The molecule has 0 bridgehead atoms. The molecule has 1 aromatic heterocycles. The lowest BCUT2D eigenvalue weighted by Gasteiger charge is -2.24. The van der Waals surface area contributed by atoms with Crippen molar-refractivity contribution < 1.29 is 0 Å². The Morgan fingerprint density at radius 3 is 2.42 bits per heavy atom. The average Bonchev–Trinajstić information content (AvgIpc) is 3.28. The van der Waals surface area contributed by atoms with Crippen molar-refractivity contribution >= 4 is 12.2 Å². The maximum atomic E-state index is 5.74. The summed E-state index contributed by atoms with van der Waals surface area (Å²) in [7, 11) is 0. The Balaban J connectivity index is 1.64. The summed E-state index contributed by atoms with van der Waals surface area (Å²) in [6, 6.07) is 21.5. The van der Waals surface area contributed by atoms with E-state index in [1.165, 1.54) is 18.4 Å². The first-order chi connectivity index (χ1) is 12.8. The molecule has 0 spiro atoms. The molecule has 134 valence electrons. The summed E-state index contributed by atoms with van der Waals surface area (Å²) in [5.74, 6) is 0.952. The molecule has 3 aromatic rings. The Bertz CT molecular complexity index is 914. The van der Waals surface area contributed by atoms with Gasteiger partial charge in [-0.05, 0) is 37.5 Å². The van der Waals surface area contributed by atoms with Crippen LogP contribution in [0.4, 0.5) is 0 Å². The molecule has 1 atom stereocenters. The SMILES string of the molecule is CCn1c(-c2ccccc2)nn(CN2CCC[C@H]2c2ccccc2)c1=S. The zero-order valence-corrected chi connectivity index (χ0v) is 15.9. The van der Waals surface area contributed by atoms with Crippen LogP contribution in [-0.2, 0) is 13.2 Å². The van der Waals surface area contributed by atoms with Crippen LogP contribution in [0, 0.1) is 4.77 Å². The van der Waals surface area contributed by atoms with Gasteiger partial charge in [0.1, 0.15) is 0 Å². The average molecular weight is 365 g/mol. The second kappa shape index (κ2) is 7.56. The molecule has 0 unspecified atom stereocenters. The van der Waals surface area contributed by atoms with E-state index in [-0.39, 0.29) is 0 Å². The lowest BCUT2D eigenvalue weighted by molar-refractivity contribution is 0.190. The molecule has 5 heteroatoms. The predicted octanol–water partition coefficient (Wildman–Crippen LogP) is 4.90. The molecular weight excluding hydrogens is 340 g/mol. The summed E-state index contributed by atoms with van der Waals surface area (Å²) in [6.45, 7) is 4.77. The zero-order valence-electron chi connectivity index (χ0n) is 15.1. The fourth-order valence-corrected chi connectivity index (χ4v) is 4.15. The molecule has 0 N–H and O–H groups in total. The topological polar surface area (TPSA) is 26.0 Å². The van der Waals surface area contributed by atoms with E-state index < -0.39 is 0 Å². The highest BCUT2D eigenvalue weighted by Crippen LogP contribution is 2.32. The zero-order chi connectivity index (χ0) is 17.9. The number of nitrogens with zero attached hydrogens (tertiary/aromatic N) is 4. The summed E-state index contributed by atoms with van der Waals surface area (Å²) >= 11 is 5.74. The molecule has 0 saturated carbocycles. The highest BCUT2D eigenvalue weighted by Gasteiger charge is 2.27. The van der Waals surface area contributed by atoms with Crippen LogP contribution in [-0.4, -0.2) is 25.8 Å². The number of aromatic nitrogens is 3. The van der Waals surface area contributed by atoms with Gasteiger partial charge in [0, 0.05) is 24.7 Å². The molecule has 4 rings (SSSR count). The van der Waals surface area contributed by atoms with Crippen LogP contribution in [0.2, 0.25) is 0 Å². The summed E-state index contributed by atoms with van der Waals surface area (Å²) < 4.78 is 4.91. The van der Waals surface area contributed by atoms with Gasteiger partial charge in [0.25, 0.3) is 0 Å². The molecule has 1 fully saturated rings. The lowest BCUT2D eigenvalue weighted by atomic mass is 10.1. The number of hydrogen-bond donors (Lipinski definition) is 0. The van der Waals surface area contributed by atoms with Crippen molar-refractivity contribution in [2.45, 2.75) is 39.0 Å². The maximum absolute atomic E-state index is 5.74. The molecule has 26 heavy (non-hydrogen) atoms. The van der Waals surface area contributed by atoms with E-state index in [2.05, 4.69) is 58.9 Å². The maximum Gasteiger partial charge on any atom is 0.199 e. The van der Waals surface area contributed by atoms with Crippen LogP contribution < -0.4 is 0 Å². The lowest BCUT2D eigenvalue weighted by Crippen LogP contribution is -2.27. The first kappa shape index (κ1) is 17.2. The number of likely N-dealkylation sites (tertiary alicyclic amines) is 1. The number of benzene rings is 2. The van der Waals surface area contributed by atoms with Crippen LogP contribution in [0.15, 0.2) is 60.7 Å². The van der Waals surface area contributed by atoms with Crippen molar-refractivity contribution in [3.05, 3.63) is 71.0 Å². The molecule has 1 aliphatic heterocycles. The first-order valence-electron chi connectivity index (χ1n) is 9.30. The summed E-state index contributed by atoms with van der Waals surface area (Å²) in [5.41, 5.74) is 2.50. The number of rotatable bonds is 5. The second-order valence-corrected chi connectivity index (χ2v) is 7.10. The van der Waals surface area contributed by atoms with Gasteiger partial charge in [-0.1, -0.05) is 60.7 Å². The molecule has 0 amide bonds. The van der Waals surface area contributed by atoms with E-state index in [0.29, 0.717) is 6.04 Å². The van der Waals surface area contributed by atoms with Crippen molar-refractivity contribution in [1.29, 1.82) is 0 Å². The van der Waals surface area contributed by atoms with Gasteiger partial charge in [-0.2, -0.15) is 5.10 Å². The van der Waals surface area contributed by atoms with Gasteiger partial charge in [-0.25, -0.2) is 4.68 Å². The predicted molar refractivity (Wildman–Crippen MR) is 107 cm³/mol. The van der Waals surface area contributed by atoms with Gasteiger partial charge >= 0.3 is 0 Å². The molecule has 0 radical (unpaired) electrons. The van der Waals surface area contributed by atoms with Gasteiger partial charge in [0.15, 0.2) is 10.6 Å². The van der Waals surface area contributed by atoms with Crippen molar-refractivity contribution in [1.82, 2.24) is 19.2 Å². The summed E-state index contributed by atoms with van der Waals surface area (Å²) in [4.78, 5) is 2.49. The summed E-state index contributed by atoms with van der Waals surface area (Å²) in [6.07, 6.45) is 2.41. The Morgan fingerprint density at radius 1 is 1.04 bits per heavy atom. The highest BCUT2D eigenvalue weighted by atomic mass is 32.1. The van der Waals surface area contributed by atoms with Gasteiger partial charge in [0.2, 0.25) is 0 Å². The highest BCUT2D eigenvalue weighted by molar-refractivity contribution is 7.71. The Kier molecular flexibility index (Phi) is 5.00. The summed E-state index contributed by atoms with van der Waals surface area (Å²) in [5, 5.41) is 4.88. The molecule has 0 aliphatic carbocycles. The molecular formula is C21H24N4S. The standard InChI is InChI=1S/C21H24N4S/c1-2-24-20(18-12-7-4-8-13-18)22-25(21(24)26)16-23-15-9-14-19(23)17-10-5-3-6-11-17/h3-8,10-13,19H,2,9,14-16H2,1H3/t19-/m0/s1. The number of hydrogen-bond acceptors (Lipinski definition) is 3. The third-order valence-corrected chi connectivity index (χ3v) is 5.57. The van der Waals surface area contributed by atoms with E-state index in [4.69, 9.17) is 17.3 Å². The third-order valence-electron chi connectivity index (χ3n) is 5.13. The van der Waals surface area contributed by atoms with Crippen molar-refractivity contribution in [3.8, 4) is 11.4 Å². The fraction of sp³-hybridized carbons (Fsp3) is 0.333. The fourth-order valence-electron chi connectivity index (χ4n) is 3.84. The van der Waals surface area contributed by atoms with Gasteiger partial charge in [-0.3, -0.25) is 4.90 Å². The Labute approximate surface area is 159 Å². The minimum atomic E-state index is 0.449. The minimum Gasteiger partial charge on any atom is -0.300 e. The van der Waals surface area contributed by atoms with Gasteiger partial charge < -0.3 is 4.57 Å². The van der Waals surface area contributed by atoms with Gasteiger partial charge in [0.05, 0.1) is 6.67 Å². The van der Waals surface area contributed by atoms with E-state index in [1.807, 2.05) is 22.9 Å². The van der Waals surface area contributed by atoms with Gasteiger partial charge in [-0.15, -0.1) is 0 Å². The van der Waals surface area contributed by atoms with Crippen LogP contribution in [0.3, 0.4) is 0 Å². The molecule has 4 nitrogen and oxygen atoms in total. The van der Waals surface area contributed by atoms with E-state index in [1.54, 1.807) is 0 Å². The van der Waals surface area contributed by atoms with Crippen molar-refractivity contribution in [3.63, 3.8) is 0 Å². The first-order valence-corrected chi connectivity index (χ1v) is 9.71. The Hall–Kier alpha value is -2.24. The molecule has 1 saturated heterocycles. The third kappa shape index (κ3) is 3.24. The van der Waals surface area contributed by atoms with Crippen LogP contribution in [0.1, 0.15) is 31.4 Å². The molecule has 1 aliphatic rings. The van der Waals surface area contributed by atoms with Crippen LogP contribution >= 0.6 is 12.2 Å². The second-order valence-electron chi connectivity index (χ2n) is 6.74. The quantitative estimate of drug-likeness (QED) is 0.603. The Morgan fingerprint density at radius 2 is 1.73 bits per heavy atom. The van der Waals surface area contributed by atoms with Crippen molar-refractivity contribution in [2.75, 3.05) is 6.54 Å². The smallest absolute Gasteiger partial charge is 0.199 e. The monoisotopic (exact) mass is 364 g/mol. The van der Waals surface area contributed by atoms with Crippen LogP contribution in [0.5, 0.6) is 0 Å². The van der Waals surface area contributed by atoms with Crippen molar-refractivity contribution in [2.24, 2.45) is 0 Å². The van der Waals surface area contributed by atoms with E-state index >= 15 is 0 Å². The normalized spacial score (nSPS) is 17.7. The molecule has 2 heterocycles. The minimum absolute atomic E-state index is 0.449. The molecule has 2 aromatic carbocycles.